The van der Waals surface area contributed by atoms with Crippen molar-refractivity contribution < 1.29 is 13.7 Å². The first-order valence-electron chi connectivity index (χ1n) is 12.5. The van der Waals surface area contributed by atoms with Crippen LogP contribution in [0.15, 0.2) is 40.9 Å². The first kappa shape index (κ1) is 21.8. The molecule has 1 aromatic carbocycles. The number of ether oxygens (including phenoxy) is 1. The molecular formula is C26H32FN5O2. The molecule has 3 aliphatic rings. The molecule has 1 aliphatic carbocycles. The fourth-order valence-electron chi connectivity index (χ4n) is 5.28. The highest BCUT2D eigenvalue weighted by molar-refractivity contribution is 5.88. The summed E-state index contributed by atoms with van der Waals surface area (Å²) in [6.07, 6.45) is 4.97. The molecule has 180 valence electrons. The zero-order chi connectivity index (χ0) is 22.9. The Labute approximate surface area is 199 Å². The van der Waals surface area contributed by atoms with E-state index in [0.29, 0.717) is 24.1 Å². The maximum absolute atomic E-state index is 13.8. The summed E-state index contributed by atoms with van der Waals surface area (Å²) < 4.78 is 25.3. The lowest BCUT2D eigenvalue weighted by Crippen LogP contribution is -2.57. The minimum Gasteiger partial charge on any atom is -0.477 e. The van der Waals surface area contributed by atoms with Crippen LogP contribution in [0.4, 0.5) is 10.2 Å². The Morgan fingerprint density at radius 2 is 1.97 bits per heavy atom. The second kappa shape index (κ2) is 9.50. The van der Waals surface area contributed by atoms with Gasteiger partial charge in [-0.15, -0.1) is 0 Å². The molecule has 34 heavy (non-hydrogen) atoms. The monoisotopic (exact) mass is 465 g/mol. The van der Waals surface area contributed by atoms with Gasteiger partial charge < -0.3 is 19.5 Å². The molecule has 2 aromatic heterocycles. The Morgan fingerprint density at radius 1 is 1.06 bits per heavy atom. The standard InChI is InChI=1S/C26H32FN5O2/c27-20-7-9-24-23(12-20)26(30-34-24)32-11-10-31-15-19(6-8-22(31)16-32)17-33-25-3-1-2-21(29-25)14-28-13-18-4-5-18/h1-3,7,9,12,18-19,22,28H,4-6,8,10-11,13-17H2/t19-,22+/m1/s1. The summed E-state index contributed by atoms with van der Waals surface area (Å²) in [5.74, 6) is 2.60. The summed E-state index contributed by atoms with van der Waals surface area (Å²) in [4.78, 5) is 9.50. The van der Waals surface area contributed by atoms with Crippen LogP contribution in [0, 0.1) is 17.7 Å². The van der Waals surface area contributed by atoms with E-state index >= 15 is 0 Å². The molecule has 3 aromatic rings. The number of fused-ring (bicyclic) bond motifs is 2. The van der Waals surface area contributed by atoms with Gasteiger partial charge in [-0.25, -0.2) is 9.37 Å². The van der Waals surface area contributed by atoms with E-state index in [2.05, 4.69) is 31.3 Å². The molecule has 0 radical (unpaired) electrons. The Morgan fingerprint density at radius 3 is 2.88 bits per heavy atom. The van der Waals surface area contributed by atoms with Gasteiger partial charge in [0.15, 0.2) is 11.4 Å². The second-order valence-electron chi connectivity index (χ2n) is 10.0. The van der Waals surface area contributed by atoms with E-state index in [1.165, 1.54) is 25.0 Å². The van der Waals surface area contributed by atoms with Gasteiger partial charge >= 0.3 is 0 Å². The number of rotatable bonds is 8. The summed E-state index contributed by atoms with van der Waals surface area (Å²) in [7, 11) is 0. The first-order chi connectivity index (χ1) is 16.7. The van der Waals surface area contributed by atoms with Crippen LogP contribution in [0.5, 0.6) is 5.88 Å². The number of nitrogens with zero attached hydrogens (tertiary/aromatic N) is 4. The third-order valence-corrected chi connectivity index (χ3v) is 7.40. The minimum atomic E-state index is -0.259. The molecule has 7 nitrogen and oxygen atoms in total. The Hall–Kier alpha value is -2.71. The Balaban J connectivity index is 1.01. The van der Waals surface area contributed by atoms with Gasteiger partial charge in [0.25, 0.3) is 0 Å². The zero-order valence-electron chi connectivity index (χ0n) is 19.5. The van der Waals surface area contributed by atoms with E-state index in [9.17, 15) is 4.39 Å². The number of piperidine rings is 1. The quantitative estimate of drug-likeness (QED) is 0.542. The molecule has 0 unspecified atom stereocenters. The minimum absolute atomic E-state index is 0.259. The van der Waals surface area contributed by atoms with Crippen molar-refractivity contribution in [1.82, 2.24) is 20.4 Å². The average Bonchev–Trinajstić information content (AvgIpc) is 3.59. The van der Waals surface area contributed by atoms with Crippen molar-refractivity contribution in [3.8, 4) is 5.88 Å². The van der Waals surface area contributed by atoms with E-state index in [1.54, 1.807) is 6.07 Å². The van der Waals surface area contributed by atoms with Crippen LogP contribution in [0.25, 0.3) is 11.0 Å². The van der Waals surface area contributed by atoms with E-state index < -0.39 is 0 Å². The zero-order valence-corrected chi connectivity index (χ0v) is 19.5. The summed E-state index contributed by atoms with van der Waals surface area (Å²) >= 11 is 0. The molecular weight excluding hydrogens is 433 g/mol. The van der Waals surface area contributed by atoms with Crippen LogP contribution in [-0.2, 0) is 6.54 Å². The lowest BCUT2D eigenvalue weighted by Gasteiger charge is -2.46. The van der Waals surface area contributed by atoms with Crippen molar-refractivity contribution in [1.29, 1.82) is 0 Å². The highest BCUT2D eigenvalue weighted by Gasteiger charge is 2.34. The number of hydrogen-bond donors (Lipinski definition) is 1. The molecule has 2 aliphatic heterocycles. The molecule has 0 spiro atoms. The predicted octanol–water partition coefficient (Wildman–Crippen LogP) is 3.84. The van der Waals surface area contributed by atoms with Crippen LogP contribution in [0.1, 0.15) is 31.4 Å². The van der Waals surface area contributed by atoms with Gasteiger partial charge in [0, 0.05) is 50.7 Å². The largest absolute Gasteiger partial charge is 0.477 e. The summed E-state index contributed by atoms with van der Waals surface area (Å²) in [5.41, 5.74) is 1.68. The van der Waals surface area contributed by atoms with Crippen molar-refractivity contribution in [3.63, 3.8) is 0 Å². The van der Waals surface area contributed by atoms with Crippen LogP contribution in [0.3, 0.4) is 0 Å². The molecule has 6 rings (SSSR count). The Bertz CT molecular complexity index is 1130. The summed E-state index contributed by atoms with van der Waals surface area (Å²) in [5, 5.41) is 8.50. The summed E-state index contributed by atoms with van der Waals surface area (Å²) in [6.45, 7) is 6.35. The molecule has 2 saturated heterocycles. The molecule has 1 N–H and O–H groups in total. The van der Waals surface area contributed by atoms with Crippen molar-refractivity contribution in [2.24, 2.45) is 11.8 Å². The van der Waals surface area contributed by atoms with Crippen LogP contribution in [-0.4, -0.2) is 60.4 Å². The van der Waals surface area contributed by atoms with Gasteiger partial charge in [-0.05, 0) is 62.4 Å². The number of benzene rings is 1. The third kappa shape index (κ3) is 4.88. The molecule has 1 saturated carbocycles. The molecule has 8 heteroatoms. The van der Waals surface area contributed by atoms with E-state index in [-0.39, 0.29) is 5.82 Å². The lowest BCUT2D eigenvalue weighted by atomic mass is 9.91. The number of halogens is 1. The van der Waals surface area contributed by atoms with Gasteiger partial charge in [-0.2, -0.15) is 0 Å². The first-order valence-corrected chi connectivity index (χ1v) is 12.5. The number of nitrogens with one attached hydrogen (secondary N) is 1. The number of pyridine rings is 1. The second-order valence-corrected chi connectivity index (χ2v) is 10.0. The highest BCUT2D eigenvalue weighted by Crippen LogP contribution is 2.32. The number of aromatic nitrogens is 2. The van der Waals surface area contributed by atoms with E-state index in [0.717, 1.165) is 80.8 Å². The van der Waals surface area contributed by atoms with Gasteiger partial charge in [0.2, 0.25) is 5.88 Å². The molecule has 0 amide bonds. The Kier molecular flexibility index (Phi) is 6.09. The SMILES string of the molecule is Fc1ccc2onc(N3CCN4C[C@H](COc5cccc(CNCC6CC6)n5)CC[C@H]4C3)c2c1. The van der Waals surface area contributed by atoms with Crippen molar-refractivity contribution in [2.45, 2.75) is 38.3 Å². The molecule has 3 fully saturated rings. The topological polar surface area (TPSA) is 66.7 Å². The van der Waals surface area contributed by atoms with E-state index in [4.69, 9.17) is 9.26 Å². The molecule has 0 bridgehead atoms. The van der Waals surface area contributed by atoms with Crippen molar-refractivity contribution >= 4 is 16.8 Å². The fraction of sp³-hybridized carbons (Fsp3) is 0.538. The highest BCUT2D eigenvalue weighted by atomic mass is 19.1. The maximum Gasteiger partial charge on any atom is 0.213 e. The number of hydrogen-bond acceptors (Lipinski definition) is 7. The normalized spacial score (nSPS) is 23.3. The lowest BCUT2D eigenvalue weighted by molar-refractivity contribution is 0.0716. The van der Waals surface area contributed by atoms with Gasteiger partial charge in [-0.1, -0.05) is 11.2 Å². The number of anilines is 1. The van der Waals surface area contributed by atoms with E-state index in [1.807, 2.05) is 12.1 Å². The number of piperazine rings is 1. The molecule has 2 atom stereocenters. The van der Waals surface area contributed by atoms with Crippen molar-refractivity contribution in [3.05, 3.63) is 47.9 Å². The van der Waals surface area contributed by atoms with Crippen LogP contribution >= 0.6 is 0 Å². The van der Waals surface area contributed by atoms with Gasteiger partial charge in [0.1, 0.15) is 5.82 Å². The van der Waals surface area contributed by atoms with Crippen LogP contribution in [0.2, 0.25) is 0 Å². The van der Waals surface area contributed by atoms with Crippen LogP contribution < -0.4 is 15.0 Å². The fourth-order valence-corrected chi connectivity index (χ4v) is 5.28. The van der Waals surface area contributed by atoms with Gasteiger partial charge in [0.05, 0.1) is 17.7 Å². The summed E-state index contributed by atoms with van der Waals surface area (Å²) in [6, 6.07) is 11.1. The predicted molar refractivity (Wildman–Crippen MR) is 128 cm³/mol. The maximum atomic E-state index is 13.8. The van der Waals surface area contributed by atoms with Crippen molar-refractivity contribution in [2.75, 3.05) is 44.2 Å². The molecule has 4 heterocycles. The average molecular weight is 466 g/mol. The third-order valence-electron chi connectivity index (χ3n) is 7.40. The van der Waals surface area contributed by atoms with Gasteiger partial charge in [-0.3, -0.25) is 4.90 Å². The smallest absolute Gasteiger partial charge is 0.213 e.